The number of carbonyl (C=O) groups excluding carboxylic acids is 2. The Labute approximate surface area is 139 Å². The van der Waals surface area contributed by atoms with E-state index in [2.05, 4.69) is 4.98 Å². The van der Waals surface area contributed by atoms with E-state index in [0.717, 1.165) is 41.4 Å². The molecule has 6 nitrogen and oxygen atoms in total. The van der Waals surface area contributed by atoms with Gasteiger partial charge < -0.3 is 19.4 Å². The van der Waals surface area contributed by atoms with Crippen molar-refractivity contribution in [2.24, 2.45) is 0 Å². The maximum absolute atomic E-state index is 12.6. The maximum atomic E-state index is 12.6. The van der Waals surface area contributed by atoms with E-state index < -0.39 is 0 Å². The summed E-state index contributed by atoms with van der Waals surface area (Å²) in [4.78, 5) is 29.7. The van der Waals surface area contributed by atoms with Crippen LogP contribution in [0.2, 0.25) is 0 Å². The summed E-state index contributed by atoms with van der Waals surface area (Å²) in [5.41, 5.74) is 3.74. The number of methoxy groups -OCH3 is 1. The van der Waals surface area contributed by atoms with Gasteiger partial charge in [-0.3, -0.25) is 4.79 Å². The molecule has 1 aromatic heterocycles. The molecule has 0 radical (unpaired) electrons. The largest absolute Gasteiger partial charge is 0.465 e. The van der Waals surface area contributed by atoms with Crippen LogP contribution in [0.15, 0.2) is 18.2 Å². The van der Waals surface area contributed by atoms with E-state index in [9.17, 15) is 9.59 Å². The Morgan fingerprint density at radius 1 is 1.38 bits per heavy atom. The van der Waals surface area contributed by atoms with E-state index in [-0.39, 0.29) is 18.0 Å². The lowest BCUT2D eigenvalue weighted by atomic mass is 10.0. The topological polar surface area (TPSA) is 71.6 Å². The summed E-state index contributed by atoms with van der Waals surface area (Å²) < 4.78 is 10.3. The molecule has 3 heterocycles. The predicted molar refractivity (Wildman–Crippen MR) is 87.7 cm³/mol. The molecule has 24 heavy (non-hydrogen) atoms. The van der Waals surface area contributed by atoms with Crippen molar-refractivity contribution >= 4 is 22.8 Å². The summed E-state index contributed by atoms with van der Waals surface area (Å²) in [5.74, 6) is -0.272. The van der Waals surface area contributed by atoms with Crippen LogP contribution in [0.3, 0.4) is 0 Å². The van der Waals surface area contributed by atoms with Crippen LogP contribution in [0, 0.1) is 0 Å². The summed E-state index contributed by atoms with van der Waals surface area (Å²) in [5, 5.41) is 0.984. The number of benzene rings is 1. The van der Waals surface area contributed by atoms with Crippen LogP contribution in [0.1, 0.15) is 34.5 Å². The molecule has 0 saturated carbocycles. The van der Waals surface area contributed by atoms with Gasteiger partial charge in [0.2, 0.25) is 0 Å². The molecule has 2 aromatic rings. The average molecular weight is 328 g/mol. The molecule has 2 aliphatic rings. The maximum Gasteiger partial charge on any atom is 0.337 e. The number of nitrogens with zero attached hydrogens (tertiary/aromatic N) is 1. The van der Waals surface area contributed by atoms with Gasteiger partial charge in [-0.05, 0) is 31.0 Å². The van der Waals surface area contributed by atoms with Gasteiger partial charge in [0, 0.05) is 48.3 Å². The van der Waals surface area contributed by atoms with Crippen molar-refractivity contribution in [2.45, 2.75) is 31.9 Å². The molecule has 1 atom stereocenters. The average Bonchev–Trinajstić information content (AvgIpc) is 3.27. The molecule has 6 heteroatoms. The molecule has 1 aromatic carbocycles. The fourth-order valence-electron chi connectivity index (χ4n) is 3.62. The van der Waals surface area contributed by atoms with Crippen LogP contribution in [0.5, 0.6) is 0 Å². The second-order valence-corrected chi connectivity index (χ2v) is 6.35. The quantitative estimate of drug-likeness (QED) is 0.856. The first-order chi connectivity index (χ1) is 11.7. The number of aromatic nitrogens is 1. The lowest BCUT2D eigenvalue weighted by Crippen LogP contribution is -2.41. The smallest absolute Gasteiger partial charge is 0.337 e. The zero-order valence-corrected chi connectivity index (χ0v) is 13.6. The van der Waals surface area contributed by atoms with Gasteiger partial charge in [0.1, 0.15) is 6.10 Å². The second kappa shape index (κ2) is 5.94. The lowest BCUT2D eigenvalue weighted by molar-refractivity contribution is -0.141. The third-order valence-corrected chi connectivity index (χ3v) is 4.91. The summed E-state index contributed by atoms with van der Waals surface area (Å²) in [7, 11) is 1.38. The van der Waals surface area contributed by atoms with E-state index in [1.165, 1.54) is 7.11 Å². The van der Waals surface area contributed by atoms with Crippen LogP contribution < -0.4 is 0 Å². The Hall–Kier alpha value is -2.34. The first kappa shape index (κ1) is 15.2. The highest BCUT2D eigenvalue weighted by Crippen LogP contribution is 2.29. The molecule has 1 fully saturated rings. The Kier molecular flexibility index (Phi) is 3.76. The monoisotopic (exact) mass is 328 g/mol. The lowest BCUT2D eigenvalue weighted by Gasteiger charge is -2.29. The number of nitrogens with one attached hydrogen (secondary N) is 1. The Morgan fingerprint density at radius 2 is 2.25 bits per heavy atom. The first-order valence-electron chi connectivity index (χ1n) is 8.29. The van der Waals surface area contributed by atoms with Crippen molar-refractivity contribution in [3.63, 3.8) is 0 Å². The minimum atomic E-state index is -0.352. The zero-order valence-electron chi connectivity index (χ0n) is 13.6. The molecule has 1 unspecified atom stereocenters. The Bertz CT molecular complexity index is 805. The summed E-state index contributed by atoms with van der Waals surface area (Å²) in [6, 6.07) is 5.49. The van der Waals surface area contributed by atoms with Crippen LogP contribution in [-0.2, 0) is 27.2 Å². The highest BCUT2D eigenvalue weighted by atomic mass is 16.5. The van der Waals surface area contributed by atoms with E-state index in [0.29, 0.717) is 25.3 Å². The number of aromatic amines is 1. The number of esters is 1. The highest BCUT2D eigenvalue weighted by Gasteiger charge is 2.31. The molecule has 126 valence electrons. The van der Waals surface area contributed by atoms with Gasteiger partial charge in [-0.2, -0.15) is 0 Å². The minimum absolute atomic E-state index is 0.0802. The normalized spacial score (nSPS) is 20.2. The number of ether oxygens (including phenoxy) is 2. The fraction of sp³-hybridized carbons (Fsp3) is 0.444. The van der Waals surface area contributed by atoms with Crippen molar-refractivity contribution in [1.82, 2.24) is 9.88 Å². The molecule has 4 rings (SSSR count). The van der Waals surface area contributed by atoms with Gasteiger partial charge in [-0.25, -0.2) is 4.79 Å². The molecule has 2 aliphatic heterocycles. The third kappa shape index (κ3) is 2.47. The van der Waals surface area contributed by atoms with Gasteiger partial charge in [0.05, 0.1) is 12.7 Å². The molecule has 0 spiro atoms. The number of amides is 1. The predicted octanol–water partition coefficient (Wildman–Crippen LogP) is 2.02. The van der Waals surface area contributed by atoms with Crippen molar-refractivity contribution in [1.29, 1.82) is 0 Å². The van der Waals surface area contributed by atoms with Crippen molar-refractivity contribution in [3.05, 3.63) is 35.0 Å². The first-order valence-corrected chi connectivity index (χ1v) is 8.29. The van der Waals surface area contributed by atoms with E-state index in [1.54, 1.807) is 6.07 Å². The van der Waals surface area contributed by atoms with E-state index in [1.807, 2.05) is 17.0 Å². The standard InChI is InChI=1S/C18H20N2O4/c1-23-18(22)11-4-5-14-12(9-11)13-10-20(7-6-15(13)19-14)17(21)16-3-2-8-24-16/h4-5,9,16,19H,2-3,6-8,10H2,1H3. The van der Waals surface area contributed by atoms with Crippen LogP contribution >= 0.6 is 0 Å². The number of hydrogen-bond donors (Lipinski definition) is 1. The SMILES string of the molecule is COC(=O)c1ccc2[nH]c3c(c2c1)CN(C(=O)C1CCCO1)CC3. The molecule has 1 N–H and O–H groups in total. The molecule has 1 saturated heterocycles. The van der Waals surface area contributed by atoms with E-state index in [4.69, 9.17) is 9.47 Å². The number of fused-ring (bicyclic) bond motifs is 3. The van der Waals surface area contributed by atoms with Gasteiger partial charge in [-0.1, -0.05) is 0 Å². The fourth-order valence-corrected chi connectivity index (χ4v) is 3.62. The zero-order chi connectivity index (χ0) is 16.7. The number of H-pyrrole nitrogens is 1. The van der Waals surface area contributed by atoms with Gasteiger partial charge in [0.25, 0.3) is 5.91 Å². The number of hydrogen-bond acceptors (Lipinski definition) is 4. The van der Waals surface area contributed by atoms with Crippen molar-refractivity contribution in [2.75, 3.05) is 20.3 Å². The second-order valence-electron chi connectivity index (χ2n) is 6.35. The van der Waals surface area contributed by atoms with Gasteiger partial charge in [-0.15, -0.1) is 0 Å². The van der Waals surface area contributed by atoms with Crippen LogP contribution in [0.25, 0.3) is 10.9 Å². The molecule has 0 bridgehead atoms. The number of rotatable bonds is 2. The Balaban J connectivity index is 1.66. The Morgan fingerprint density at radius 3 is 3.00 bits per heavy atom. The summed E-state index contributed by atoms with van der Waals surface area (Å²) >= 11 is 0. The van der Waals surface area contributed by atoms with Gasteiger partial charge >= 0.3 is 5.97 Å². The summed E-state index contributed by atoms with van der Waals surface area (Å²) in [6.45, 7) is 1.92. The third-order valence-electron chi connectivity index (χ3n) is 4.91. The summed E-state index contributed by atoms with van der Waals surface area (Å²) in [6.07, 6.45) is 2.26. The van der Waals surface area contributed by atoms with Crippen LogP contribution in [-0.4, -0.2) is 48.1 Å². The highest BCUT2D eigenvalue weighted by molar-refractivity contribution is 5.96. The van der Waals surface area contributed by atoms with Crippen molar-refractivity contribution < 1.29 is 19.1 Å². The van der Waals surface area contributed by atoms with Crippen molar-refractivity contribution in [3.8, 4) is 0 Å². The number of carbonyl (C=O) groups is 2. The van der Waals surface area contributed by atoms with Crippen LogP contribution in [0.4, 0.5) is 0 Å². The van der Waals surface area contributed by atoms with E-state index >= 15 is 0 Å². The molecular weight excluding hydrogens is 308 g/mol. The molecular formula is C18H20N2O4. The minimum Gasteiger partial charge on any atom is -0.465 e. The molecule has 1 amide bonds. The van der Waals surface area contributed by atoms with Gasteiger partial charge in [0.15, 0.2) is 0 Å². The molecule has 0 aliphatic carbocycles.